The van der Waals surface area contributed by atoms with Crippen molar-refractivity contribution in [3.8, 4) is 0 Å². The summed E-state index contributed by atoms with van der Waals surface area (Å²) in [6, 6.07) is 0.515. The zero-order valence-corrected chi connectivity index (χ0v) is 12.2. The Hall–Kier alpha value is -0.780. The van der Waals surface area contributed by atoms with Gasteiger partial charge in [0.15, 0.2) is 0 Å². The first kappa shape index (κ1) is 15.3. The molecule has 2 atom stereocenters. The van der Waals surface area contributed by atoms with Crippen molar-refractivity contribution in [3.63, 3.8) is 0 Å². The van der Waals surface area contributed by atoms with E-state index in [-0.39, 0.29) is 5.92 Å². The molecule has 0 spiro atoms. The third-order valence-corrected chi connectivity index (χ3v) is 4.50. The van der Waals surface area contributed by atoms with Gasteiger partial charge in [0.05, 0.1) is 9.90 Å². The average molecular weight is 310 g/mol. The van der Waals surface area contributed by atoms with Gasteiger partial charge in [-0.15, -0.1) is 11.3 Å². The molecule has 2 N–H and O–H groups in total. The fourth-order valence-corrected chi connectivity index (χ4v) is 2.63. The molecule has 1 aromatic rings. The van der Waals surface area contributed by atoms with Crippen LogP contribution in [0.25, 0.3) is 0 Å². The van der Waals surface area contributed by atoms with Crippen LogP contribution in [0.15, 0.2) is 6.07 Å². The van der Waals surface area contributed by atoms with E-state index in [0.29, 0.717) is 20.7 Å². The van der Waals surface area contributed by atoms with Crippen LogP contribution in [0.2, 0.25) is 9.36 Å². The molecule has 100 valence electrons. The summed E-state index contributed by atoms with van der Waals surface area (Å²) in [7, 11) is 0. The molecule has 0 bridgehead atoms. The molecule has 1 aromatic heterocycles. The van der Waals surface area contributed by atoms with Crippen molar-refractivity contribution in [1.82, 2.24) is 5.32 Å². The number of hydrogen-bond donors (Lipinski definition) is 2. The van der Waals surface area contributed by atoms with Crippen molar-refractivity contribution in [1.29, 1.82) is 0 Å². The van der Waals surface area contributed by atoms with E-state index in [1.165, 1.54) is 6.07 Å². The number of rotatable bonds is 5. The summed E-state index contributed by atoms with van der Waals surface area (Å²) < 4.78 is 0.317. The quantitative estimate of drug-likeness (QED) is 0.877. The van der Waals surface area contributed by atoms with Gasteiger partial charge in [-0.2, -0.15) is 0 Å². The topological polar surface area (TPSA) is 66.4 Å². The van der Waals surface area contributed by atoms with Gasteiger partial charge in [-0.25, -0.2) is 4.79 Å². The first-order valence-electron chi connectivity index (χ1n) is 5.35. The summed E-state index contributed by atoms with van der Waals surface area (Å²) in [5.41, 5.74) is 0. The Balaban J connectivity index is 2.81. The molecule has 1 rings (SSSR count). The van der Waals surface area contributed by atoms with Gasteiger partial charge in [0.1, 0.15) is 10.4 Å². The average Bonchev–Trinajstić information content (AvgIpc) is 2.65. The summed E-state index contributed by atoms with van der Waals surface area (Å²) in [5, 5.41) is 11.8. The predicted molar refractivity (Wildman–Crippen MR) is 72.7 cm³/mol. The number of amides is 1. The lowest BCUT2D eigenvalue weighted by molar-refractivity contribution is -0.140. The van der Waals surface area contributed by atoms with E-state index in [1.54, 1.807) is 6.92 Å². The van der Waals surface area contributed by atoms with Gasteiger partial charge in [0.2, 0.25) is 0 Å². The van der Waals surface area contributed by atoms with Crippen LogP contribution in [-0.2, 0) is 4.79 Å². The van der Waals surface area contributed by atoms with Gasteiger partial charge in [-0.3, -0.25) is 4.79 Å². The Morgan fingerprint density at radius 1 is 1.50 bits per heavy atom. The number of carboxylic acids is 1. The Labute approximate surface area is 119 Å². The molecule has 0 aliphatic rings. The summed E-state index contributed by atoms with van der Waals surface area (Å²) in [6.07, 6.45) is 0.656. The number of thiophene rings is 1. The monoisotopic (exact) mass is 309 g/mol. The second-order valence-electron chi connectivity index (χ2n) is 3.91. The maximum atomic E-state index is 11.9. The van der Waals surface area contributed by atoms with Gasteiger partial charge in [-0.1, -0.05) is 43.5 Å². The second kappa shape index (κ2) is 6.41. The molecule has 0 aromatic carbocycles. The van der Waals surface area contributed by atoms with E-state index in [1.807, 2.05) is 6.92 Å². The molecule has 7 heteroatoms. The molecule has 18 heavy (non-hydrogen) atoms. The smallest absolute Gasteiger partial charge is 0.326 e. The fraction of sp³-hybridized carbons (Fsp3) is 0.455. The molecule has 0 saturated carbocycles. The maximum Gasteiger partial charge on any atom is 0.326 e. The van der Waals surface area contributed by atoms with Gasteiger partial charge in [0, 0.05) is 0 Å². The molecule has 0 aliphatic carbocycles. The highest BCUT2D eigenvalue weighted by Crippen LogP contribution is 2.31. The van der Waals surface area contributed by atoms with Gasteiger partial charge >= 0.3 is 5.97 Å². The fourth-order valence-electron chi connectivity index (χ4n) is 1.35. The summed E-state index contributed by atoms with van der Waals surface area (Å²) in [4.78, 5) is 23.2. The van der Waals surface area contributed by atoms with E-state index in [0.717, 1.165) is 11.3 Å². The highest BCUT2D eigenvalue weighted by atomic mass is 35.5. The van der Waals surface area contributed by atoms with Crippen molar-refractivity contribution in [2.75, 3.05) is 0 Å². The lowest BCUT2D eigenvalue weighted by Crippen LogP contribution is -2.44. The van der Waals surface area contributed by atoms with Crippen LogP contribution in [-0.4, -0.2) is 23.0 Å². The molecule has 0 aliphatic heterocycles. The minimum Gasteiger partial charge on any atom is -0.480 e. The second-order valence-corrected chi connectivity index (χ2v) is 5.97. The van der Waals surface area contributed by atoms with Crippen LogP contribution in [0.4, 0.5) is 0 Å². The number of hydrogen-bond acceptors (Lipinski definition) is 3. The summed E-state index contributed by atoms with van der Waals surface area (Å²) >= 11 is 12.5. The van der Waals surface area contributed by atoms with Crippen molar-refractivity contribution in [2.45, 2.75) is 26.3 Å². The number of carboxylic acid groups (broad SMARTS) is 1. The van der Waals surface area contributed by atoms with Gasteiger partial charge < -0.3 is 10.4 Å². The molecule has 2 unspecified atom stereocenters. The first-order chi connectivity index (χ1) is 8.36. The van der Waals surface area contributed by atoms with Crippen LogP contribution in [0.1, 0.15) is 29.9 Å². The maximum absolute atomic E-state index is 11.9. The minimum absolute atomic E-state index is 0.155. The van der Waals surface area contributed by atoms with E-state index in [2.05, 4.69) is 5.32 Å². The lowest BCUT2D eigenvalue weighted by Gasteiger charge is -2.19. The minimum atomic E-state index is -1.05. The standard InChI is InChI=1S/C11H13Cl2NO3S/c1-3-5(2)8(11(16)17)14-10(15)7-4-6(12)9(13)18-7/h4-5,8H,3H2,1-2H3,(H,14,15)(H,16,17). The van der Waals surface area contributed by atoms with Crippen molar-refractivity contribution in [2.24, 2.45) is 5.92 Å². The highest BCUT2D eigenvalue weighted by Gasteiger charge is 2.26. The Kier molecular flexibility index (Phi) is 5.44. The Morgan fingerprint density at radius 3 is 2.50 bits per heavy atom. The summed E-state index contributed by atoms with van der Waals surface area (Å²) in [6.45, 7) is 3.64. The molecule has 0 fully saturated rings. The highest BCUT2D eigenvalue weighted by molar-refractivity contribution is 7.18. The number of nitrogens with one attached hydrogen (secondary N) is 1. The molecule has 0 saturated heterocycles. The number of halogens is 2. The normalized spacial score (nSPS) is 14.0. The molecule has 0 radical (unpaired) electrons. The van der Waals surface area contributed by atoms with Crippen LogP contribution >= 0.6 is 34.5 Å². The SMILES string of the molecule is CCC(C)C(NC(=O)c1cc(Cl)c(Cl)s1)C(=O)O. The third kappa shape index (κ3) is 3.60. The molecular weight excluding hydrogens is 297 g/mol. The first-order valence-corrected chi connectivity index (χ1v) is 6.92. The van der Waals surface area contributed by atoms with Crippen LogP contribution in [0.3, 0.4) is 0 Å². The molecular formula is C11H13Cl2NO3S. The number of carbonyl (C=O) groups excluding carboxylic acids is 1. The molecule has 1 amide bonds. The van der Waals surface area contributed by atoms with E-state index >= 15 is 0 Å². The number of aliphatic carboxylic acids is 1. The molecule has 4 nitrogen and oxygen atoms in total. The largest absolute Gasteiger partial charge is 0.480 e. The lowest BCUT2D eigenvalue weighted by atomic mass is 9.99. The van der Waals surface area contributed by atoms with E-state index < -0.39 is 17.9 Å². The van der Waals surface area contributed by atoms with Crippen LogP contribution in [0, 0.1) is 5.92 Å². The van der Waals surface area contributed by atoms with Gasteiger partial charge in [-0.05, 0) is 12.0 Å². The van der Waals surface area contributed by atoms with Crippen LogP contribution < -0.4 is 5.32 Å². The predicted octanol–water partition coefficient (Wildman–Crippen LogP) is 3.28. The van der Waals surface area contributed by atoms with Crippen molar-refractivity contribution in [3.05, 3.63) is 20.3 Å². The van der Waals surface area contributed by atoms with E-state index in [9.17, 15) is 9.59 Å². The zero-order valence-electron chi connectivity index (χ0n) is 9.87. The Morgan fingerprint density at radius 2 is 2.11 bits per heavy atom. The Bertz CT molecular complexity index is 442. The third-order valence-electron chi connectivity index (χ3n) is 2.63. The zero-order chi connectivity index (χ0) is 13.9. The van der Waals surface area contributed by atoms with Crippen molar-refractivity contribution < 1.29 is 14.7 Å². The van der Waals surface area contributed by atoms with Crippen molar-refractivity contribution >= 4 is 46.4 Å². The summed E-state index contributed by atoms with van der Waals surface area (Å²) in [5.74, 6) is -1.68. The molecule has 1 heterocycles. The van der Waals surface area contributed by atoms with E-state index in [4.69, 9.17) is 28.3 Å². The van der Waals surface area contributed by atoms with Gasteiger partial charge in [0.25, 0.3) is 5.91 Å². The van der Waals surface area contributed by atoms with Crippen LogP contribution in [0.5, 0.6) is 0 Å². The number of carbonyl (C=O) groups is 2.